The number of anilines is 2. The Kier molecular flexibility index (Phi) is 9.72. The van der Waals surface area contributed by atoms with Crippen molar-refractivity contribution in [1.29, 1.82) is 0 Å². The van der Waals surface area contributed by atoms with Crippen LogP contribution in [-0.4, -0.2) is 35.1 Å². The lowest BCUT2D eigenvalue weighted by Gasteiger charge is -2.11. The zero-order valence-electron chi connectivity index (χ0n) is 21.5. The number of non-ortho nitro benzene ring substituents is 1. The molecule has 204 valence electrons. The molecule has 39 heavy (non-hydrogen) atoms. The molecular formula is C28H29N3O6S2. The number of hydrogen-bond donors (Lipinski definition) is 2. The van der Waals surface area contributed by atoms with Gasteiger partial charge in [0, 0.05) is 33.2 Å². The minimum Gasteiger partial charge on any atom is -0.462 e. The Morgan fingerprint density at radius 1 is 1.03 bits per heavy atom. The molecule has 0 spiro atoms. The van der Waals surface area contributed by atoms with E-state index in [1.165, 1.54) is 47.4 Å². The standard InChI is InChI=1S/C28H29N3O6S2/c1-2-37-28(34)25-22-10-5-3-4-6-11-23(22)39-27(25)30-24(32)17-38-21-9-7-8-19(16-21)29-26(33)18-12-14-20(15-13-18)31(35)36/h7-9,12-16H,2-6,10-11,17H2,1H3,(H,29,33)(H,30,32). The summed E-state index contributed by atoms with van der Waals surface area (Å²) in [5.41, 5.74) is 2.24. The molecule has 0 saturated heterocycles. The van der Waals surface area contributed by atoms with Crippen molar-refractivity contribution in [3.63, 3.8) is 0 Å². The molecule has 0 radical (unpaired) electrons. The first kappa shape index (κ1) is 28.3. The predicted molar refractivity (Wildman–Crippen MR) is 153 cm³/mol. The lowest BCUT2D eigenvalue weighted by atomic mass is 9.96. The number of fused-ring (bicyclic) bond motifs is 1. The van der Waals surface area contributed by atoms with Gasteiger partial charge in [-0.2, -0.15) is 0 Å². The van der Waals surface area contributed by atoms with Gasteiger partial charge in [0.1, 0.15) is 5.00 Å². The first-order chi connectivity index (χ1) is 18.9. The number of aryl methyl sites for hydroxylation is 1. The number of benzene rings is 2. The van der Waals surface area contributed by atoms with E-state index in [4.69, 9.17) is 4.74 Å². The van der Waals surface area contributed by atoms with Gasteiger partial charge in [-0.3, -0.25) is 19.7 Å². The third-order valence-corrected chi connectivity index (χ3v) is 8.41. The summed E-state index contributed by atoms with van der Waals surface area (Å²) in [6.45, 7) is 2.04. The van der Waals surface area contributed by atoms with Crippen LogP contribution in [0, 0.1) is 10.1 Å². The molecule has 0 fully saturated rings. The van der Waals surface area contributed by atoms with Gasteiger partial charge in [0.05, 0.1) is 22.8 Å². The molecule has 1 aliphatic carbocycles. The molecule has 0 bridgehead atoms. The highest BCUT2D eigenvalue weighted by Crippen LogP contribution is 2.38. The first-order valence-electron chi connectivity index (χ1n) is 12.8. The van der Waals surface area contributed by atoms with E-state index in [1.54, 1.807) is 25.1 Å². The van der Waals surface area contributed by atoms with Crippen molar-refractivity contribution in [1.82, 2.24) is 0 Å². The van der Waals surface area contributed by atoms with E-state index in [2.05, 4.69) is 10.6 Å². The van der Waals surface area contributed by atoms with Crippen molar-refractivity contribution in [2.45, 2.75) is 50.3 Å². The lowest BCUT2D eigenvalue weighted by Crippen LogP contribution is -2.17. The van der Waals surface area contributed by atoms with Crippen molar-refractivity contribution in [2.75, 3.05) is 23.0 Å². The zero-order valence-corrected chi connectivity index (χ0v) is 23.1. The minimum absolute atomic E-state index is 0.0914. The van der Waals surface area contributed by atoms with Crippen LogP contribution in [0.15, 0.2) is 53.4 Å². The fourth-order valence-electron chi connectivity index (χ4n) is 4.34. The molecule has 0 saturated carbocycles. The van der Waals surface area contributed by atoms with Gasteiger partial charge in [0.2, 0.25) is 5.91 Å². The number of nitrogens with zero attached hydrogens (tertiary/aromatic N) is 1. The maximum absolute atomic E-state index is 12.9. The van der Waals surface area contributed by atoms with Crippen LogP contribution in [0.3, 0.4) is 0 Å². The summed E-state index contributed by atoms with van der Waals surface area (Å²) >= 11 is 2.78. The molecular weight excluding hydrogens is 538 g/mol. The van der Waals surface area contributed by atoms with Crippen molar-refractivity contribution in [3.8, 4) is 0 Å². The van der Waals surface area contributed by atoms with E-state index in [0.29, 0.717) is 21.8 Å². The third kappa shape index (κ3) is 7.45. The van der Waals surface area contributed by atoms with Crippen LogP contribution in [0.25, 0.3) is 0 Å². The summed E-state index contributed by atoms with van der Waals surface area (Å²) in [4.78, 5) is 50.5. The van der Waals surface area contributed by atoms with Gasteiger partial charge in [-0.05, 0) is 68.5 Å². The number of carbonyl (C=O) groups excluding carboxylic acids is 3. The largest absolute Gasteiger partial charge is 0.462 e. The highest BCUT2D eigenvalue weighted by Gasteiger charge is 2.26. The summed E-state index contributed by atoms with van der Waals surface area (Å²) in [5.74, 6) is -0.912. The number of thioether (sulfide) groups is 1. The Bertz CT molecular complexity index is 1370. The van der Waals surface area contributed by atoms with Crippen molar-refractivity contribution in [2.24, 2.45) is 0 Å². The number of hydrogen-bond acceptors (Lipinski definition) is 8. The zero-order chi connectivity index (χ0) is 27.8. The Balaban J connectivity index is 1.40. The summed E-state index contributed by atoms with van der Waals surface area (Å²) in [5, 5.41) is 17.1. The normalized spacial score (nSPS) is 12.9. The molecule has 1 aliphatic rings. The van der Waals surface area contributed by atoms with Crippen LogP contribution in [-0.2, 0) is 22.4 Å². The molecule has 1 heterocycles. The average molecular weight is 568 g/mol. The first-order valence-corrected chi connectivity index (χ1v) is 14.6. The van der Waals surface area contributed by atoms with Crippen LogP contribution < -0.4 is 10.6 Å². The highest BCUT2D eigenvalue weighted by atomic mass is 32.2. The van der Waals surface area contributed by atoms with E-state index in [1.807, 2.05) is 6.07 Å². The number of carbonyl (C=O) groups is 3. The number of amides is 2. The molecule has 4 rings (SSSR count). The van der Waals surface area contributed by atoms with Crippen LogP contribution in [0.4, 0.5) is 16.4 Å². The number of thiophene rings is 1. The van der Waals surface area contributed by atoms with Gasteiger partial charge in [-0.1, -0.05) is 18.9 Å². The number of nitrogens with one attached hydrogen (secondary N) is 2. The van der Waals surface area contributed by atoms with Crippen molar-refractivity contribution in [3.05, 3.63) is 80.2 Å². The monoisotopic (exact) mass is 567 g/mol. The Morgan fingerprint density at radius 2 is 1.77 bits per heavy atom. The predicted octanol–water partition coefficient (Wildman–Crippen LogP) is 6.48. The maximum Gasteiger partial charge on any atom is 0.341 e. The Hall–Kier alpha value is -3.70. The van der Waals surface area contributed by atoms with E-state index >= 15 is 0 Å². The van der Waals surface area contributed by atoms with Crippen LogP contribution in [0.5, 0.6) is 0 Å². The summed E-state index contributed by atoms with van der Waals surface area (Å²) in [7, 11) is 0. The van der Waals surface area contributed by atoms with Gasteiger partial charge in [0.25, 0.3) is 11.6 Å². The maximum atomic E-state index is 12.9. The summed E-state index contributed by atoms with van der Waals surface area (Å²) in [6.07, 6.45) is 6.08. The lowest BCUT2D eigenvalue weighted by molar-refractivity contribution is -0.384. The molecule has 2 aromatic carbocycles. The SMILES string of the molecule is CCOC(=O)c1c(NC(=O)CSc2cccc(NC(=O)c3ccc([N+](=O)[O-])cc3)c2)sc2c1CCCCCC2. The van der Waals surface area contributed by atoms with E-state index in [9.17, 15) is 24.5 Å². The third-order valence-electron chi connectivity index (χ3n) is 6.21. The van der Waals surface area contributed by atoms with Gasteiger partial charge in [-0.15, -0.1) is 23.1 Å². The van der Waals surface area contributed by atoms with Crippen molar-refractivity contribution < 1.29 is 24.0 Å². The minimum atomic E-state index is -0.522. The topological polar surface area (TPSA) is 128 Å². The van der Waals surface area contributed by atoms with Crippen LogP contribution in [0.1, 0.15) is 63.8 Å². The van der Waals surface area contributed by atoms with Crippen LogP contribution >= 0.6 is 23.1 Å². The Morgan fingerprint density at radius 3 is 2.49 bits per heavy atom. The van der Waals surface area contributed by atoms with Gasteiger partial charge >= 0.3 is 5.97 Å². The van der Waals surface area contributed by atoms with E-state index < -0.39 is 16.8 Å². The van der Waals surface area contributed by atoms with E-state index in [-0.39, 0.29) is 24.0 Å². The molecule has 9 nitrogen and oxygen atoms in total. The van der Waals surface area contributed by atoms with Gasteiger partial charge in [0.15, 0.2) is 0 Å². The molecule has 0 aliphatic heterocycles. The van der Waals surface area contributed by atoms with Gasteiger partial charge in [-0.25, -0.2) is 4.79 Å². The van der Waals surface area contributed by atoms with Crippen molar-refractivity contribution >= 4 is 57.3 Å². The summed E-state index contributed by atoms with van der Waals surface area (Å²) < 4.78 is 5.32. The highest BCUT2D eigenvalue weighted by molar-refractivity contribution is 8.00. The second-order valence-corrected chi connectivity index (χ2v) is 11.1. The summed E-state index contributed by atoms with van der Waals surface area (Å²) in [6, 6.07) is 12.4. The molecule has 0 atom stereocenters. The number of rotatable bonds is 9. The number of esters is 1. The molecule has 1 aromatic heterocycles. The fraction of sp³-hybridized carbons (Fsp3) is 0.321. The van der Waals surface area contributed by atoms with E-state index in [0.717, 1.165) is 53.9 Å². The van der Waals surface area contributed by atoms with Crippen LogP contribution in [0.2, 0.25) is 0 Å². The number of nitro groups is 1. The quantitative estimate of drug-likeness (QED) is 0.131. The second kappa shape index (κ2) is 13.4. The molecule has 2 N–H and O–H groups in total. The molecule has 0 unspecified atom stereocenters. The second-order valence-electron chi connectivity index (χ2n) is 8.97. The molecule has 2 amide bonds. The fourth-order valence-corrected chi connectivity index (χ4v) is 6.39. The average Bonchev–Trinajstić information content (AvgIpc) is 3.23. The molecule has 3 aromatic rings. The Labute approximate surface area is 234 Å². The molecule has 11 heteroatoms. The van der Waals surface area contributed by atoms with Gasteiger partial charge < -0.3 is 15.4 Å². The smallest absolute Gasteiger partial charge is 0.341 e. The number of ether oxygens (including phenoxy) is 1. The number of nitro benzene ring substituents is 1.